The molecule has 1 fully saturated rings. The second-order valence-electron chi connectivity index (χ2n) is 4.28. The highest BCUT2D eigenvalue weighted by Crippen LogP contribution is 2.37. The minimum absolute atomic E-state index is 0.0478. The molecule has 0 radical (unpaired) electrons. The number of carbonyl (C=O) groups is 1. The van der Waals surface area contributed by atoms with E-state index in [4.69, 9.17) is 16.4 Å². The Morgan fingerprint density at radius 1 is 1.42 bits per heavy atom. The second kappa shape index (κ2) is 5.38. The molecule has 1 aliphatic carbocycles. The molecule has 2 rings (SSSR count). The van der Waals surface area contributed by atoms with Gasteiger partial charge in [-0.15, -0.1) is 5.06 Å². The summed E-state index contributed by atoms with van der Waals surface area (Å²) in [5.74, 6) is 0. The van der Waals surface area contributed by atoms with Gasteiger partial charge in [0.1, 0.15) is 0 Å². The fourth-order valence-electron chi connectivity index (χ4n) is 1.76. The first-order chi connectivity index (χ1) is 8.93. The number of halogens is 4. The average molecular weight is 294 g/mol. The van der Waals surface area contributed by atoms with E-state index >= 15 is 0 Å². The van der Waals surface area contributed by atoms with Gasteiger partial charge in [-0.25, -0.2) is 0 Å². The molecule has 1 aromatic rings. The van der Waals surface area contributed by atoms with Crippen LogP contribution in [0.15, 0.2) is 18.2 Å². The molecule has 0 bridgehead atoms. The molecule has 1 aliphatic rings. The lowest BCUT2D eigenvalue weighted by atomic mass is 10.1. The lowest BCUT2D eigenvalue weighted by molar-refractivity contribution is -0.180. The highest BCUT2D eigenvalue weighted by Gasteiger charge is 2.35. The third kappa shape index (κ3) is 3.39. The summed E-state index contributed by atoms with van der Waals surface area (Å²) in [4.78, 5) is 15.1. The highest BCUT2D eigenvalue weighted by atomic mass is 35.5. The Hall–Kier alpha value is -1.27. The zero-order chi connectivity index (χ0) is 14.0. The summed E-state index contributed by atoms with van der Waals surface area (Å²) in [6.45, 7) is 0.312. The number of benzene rings is 1. The molecule has 0 unspecified atom stereocenters. The fourth-order valence-corrected chi connectivity index (χ4v) is 2.05. The lowest BCUT2D eigenvalue weighted by Gasteiger charge is -2.20. The van der Waals surface area contributed by atoms with Crippen LogP contribution in [0.1, 0.15) is 24.0 Å². The molecule has 104 valence electrons. The Labute approximate surface area is 112 Å². The molecule has 0 aromatic heterocycles. The number of nitrogens with zero attached hydrogens (tertiary/aromatic N) is 1. The zero-order valence-corrected chi connectivity index (χ0v) is 10.5. The Balaban J connectivity index is 2.22. The van der Waals surface area contributed by atoms with Crippen LogP contribution in [0, 0.1) is 0 Å². The predicted molar refractivity (Wildman–Crippen MR) is 62.2 cm³/mol. The average Bonchev–Trinajstić information content (AvgIpc) is 3.13. The molecule has 1 aromatic carbocycles. The van der Waals surface area contributed by atoms with E-state index in [1.807, 2.05) is 0 Å². The van der Waals surface area contributed by atoms with Gasteiger partial charge in [0.25, 0.3) is 0 Å². The number of alkyl halides is 3. The second-order valence-corrected chi connectivity index (χ2v) is 4.66. The van der Waals surface area contributed by atoms with Gasteiger partial charge < -0.3 is 4.84 Å². The van der Waals surface area contributed by atoms with Crippen LogP contribution in [-0.4, -0.2) is 17.6 Å². The van der Waals surface area contributed by atoms with E-state index in [2.05, 4.69) is 0 Å². The van der Waals surface area contributed by atoms with E-state index in [-0.39, 0.29) is 29.6 Å². The van der Waals surface area contributed by atoms with Crippen LogP contribution in [0.3, 0.4) is 0 Å². The minimum Gasteiger partial charge on any atom is -0.370 e. The number of rotatable bonds is 5. The molecular weight excluding hydrogens is 283 g/mol. The Morgan fingerprint density at radius 3 is 2.63 bits per heavy atom. The monoisotopic (exact) mass is 293 g/mol. The Morgan fingerprint density at radius 2 is 2.11 bits per heavy atom. The fraction of sp³-hybridized carbons (Fsp3) is 0.417. The van der Waals surface area contributed by atoms with E-state index < -0.39 is 11.7 Å². The maximum atomic E-state index is 12.7. The van der Waals surface area contributed by atoms with E-state index in [1.54, 1.807) is 0 Å². The summed E-state index contributed by atoms with van der Waals surface area (Å²) < 4.78 is 38.1. The molecule has 19 heavy (non-hydrogen) atoms. The van der Waals surface area contributed by atoms with Crippen molar-refractivity contribution < 1.29 is 22.8 Å². The standard InChI is InChI=1S/C12H11ClF3NO2/c13-11-8(2-1-3-10(11)12(14,15)16)6-17(19-7-18)9-4-5-9/h1-3,7,9H,4-6H2. The van der Waals surface area contributed by atoms with Crippen molar-refractivity contribution in [2.24, 2.45) is 0 Å². The first-order valence-corrected chi connectivity index (χ1v) is 6.03. The first-order valence-electron chi connectivity index (χ1n) is 5.65. The van der Waals surface area contributed by atoms with Crippen LogP contribution < -0.4 is 0 Å². The van der Waals surface area contributed by atoms with Crippen molar-refractivity contribution in [3.8, 4) is 0 Å². The van der Waals surface area contributed by atoms with Gasteiger partial charge in [0, 0.05) is 6.04 Å². The third-order valence-corrected chi connectivity index (χ3v) is 3.29. The molecule has 0 heterocycles. The number of carbonyl (C=O) groups excluding carboxylic acids is 1. The third-order valence-electron chi connectivity index (χ3n) is 2.84. The van der Waals surface area contributed by atoms with Gasteiger partial charge in [-0.3, -0.25) is 4.79 Å². The maximum absolute atomic E-state index is 12.7. The van der Waals surface area contributed by atoms with E-state index in [0.717, 1.165) is 18.9 Å². The van der Waals surface area contributed by atoms with Gasteiger partial charge in [-0.2, -0.15) is 13.2 Å². The van der Waals surface area contributed by atoms with Crippen molar-refractivity contribution in [2.45, 2.75) is 31.6 Å². The summed E-state index contributed by atoms with van der Waals surface area (Å²) in [7, 11) is 0. The molecule has 7 heteroatoms. The molecule has 3 nitrogen and oxygen atoms in total. The summed E-state index contributed by atoms with van der Waals surface area (Å²) in [5.41, 5.74) is -0.598. The lowest BCUT2D eigenvalue weighted by Crippen LogP contribution is -2.25. The van der Waals surface area contributed by atoms with Gasteiger partial charge in [-0.1, -0.05) is 23.7 Å². The molecule has 0 aliphatic heterocycles. The maximum Gasteiger partial charge on any atom is 0.417 e. The SMILES string of the molecule is O=CON(Cc1cccc(C(F)(F)F)c1Cl)C1CC1. The normalized spacial score (nSPS) is 15.6. The number of hydrogen-bond acceptors (Lipinski definition) is 3. The van der Waals surface area contributed by atoms with Crippen LogP contribution in [0.2, 0.25) is 5.02 Å². The molecule has 0 spiro atoms. The predicted octanol–water partition coefficient (Wildman–Crippen LogP) is 3.41. The van der Waals surface area contributed by atoms with Crippen molar-refractivity contribution in [2.75, 3.05) is 0 Å². The number of hydrogen-bond donors (Lipinski definition) is 0. The van der Waals surface area contributed by atoms with Crippen molar-refractivity contribution in [3.63, 3.8) is 0 Å². The van der Waals surface area contributed by atoms with Gasteiger partial charge in [0.2, 0.25) is 0 Å². The molecule has 0 saturated heterocycles. The highest BCUT2D eigenvalue weighted by molar-refractivity contribution is 6.32. The molecule has 0 amide bonds. The molecule has 0 atom stereocenters. The van der Waals surface area contributed by atoms with Crippen LogP contribution in [0.25, 0.3) is 0 Å². The van der Waals surface area contributed by atoms with Gasteiger partial charge >= 0.3 is 12.6 Å². The van der Waals surface area contributed by atoms with Gasteiger partial charge in [-0.05, 0) is 24.5 Å². The van der Waals surface area contributed by atoms with Crippen molar-refractivity contribution >= 4 is 18.1 Å². The van der Waals surface area contributed by atoms with Crippen LogP contribution in [0.4, 0.5) is 13.2 Å². The number of hydroxylamine groups is 2. The zero-order valence-electron chi connectivity index (χ0n) is 9.78. The Kier molecular flexibility index (Phi) is 4.01. The van der Waals surface area contributed by atoms with E-state index in [0.29, 0.717) is 0 Å². The van der Waals surface area contributed by atoms with Gasteiger partial charge in [0.05, 0.1) is 17.1 Å². The van der Waals surface area contributed by atoms with Crippen LogP contribution >= 0.6 is 11.6 Å². The minimum atomic E-state index is -4.50. The molecular formula is C12H11ClF3NO2. The summed E-state index contributed by atoms with van der Waals surface area (Å²) in [6, 6.07) is 3.76. The largest absolute Gasteiger partial charge is 0.417 e. The quantitative estimate of drug-likeness (QED) is 0.615. The molecule has 1 saturated carbocycles. The van der Waals surface area contributed by atoms with Crippen molar-refractivity contribution in [1.29, 1.82) is 0 Å². The van der Waals surface area contributed by atoms with Crippen LogP contribution in [0.5, 0.6) is 0 Å². The summed E-state index contributed by atoms with van der Waals surface area (Å²) in [6.07, 6.45) is -2.79. The summed E-state index contributed by atoms with van der Waals surface area (Å²) >= 11 is 5.77. The van der Waals surface area contributed by atoms with Crippen LogP contribution in [-0.2, 0) is 22.4 Å². The first kappa shape index (κ1) is 14.1. The summed E-state index contributed by atoms with van der Waals surface area (Å²) in [5, 5.41) is 1.00. The topological polar surface area (TPSA) is 29.5 Å². The molecule has 0 N–H and O–H groups in total. The van der Waals surface area contributed by atoms with Gasteiger partial charge in [0.15, 0.2) is 0 Å². The Bertz CT molecular complexity index is 475. The van der Waals surface area contributed by atoms with E-state index in [1.165, 1.54) is 17.2 Å². The smallest absolute Gasteiger partial charge is 0.370 e. The van der Waals surface area contributed by atoms with Crippen molar-refractivity contribution in [3.05, 3.63) is 34.3 Å². The van der Waals surface area contributed by atoms with Crippen molar-refractivity contribution in [1.82, 2.24) is 5.06 Å². The van der Waals surface area contributed by atoms with E-state index in [9.17, 15) is 18.0 Å².